The van der Waals surface area contributed by atoms with Crippen LogP contribution in [-0.4, -0.2) is 19.7 Å². The Kier molecular flexibility index (Phi) is 4.17. The zero-order valence-electron chi connectivity index (χ0n) is 6.19. The average Bonchev–Trinajstić information content (AvgIpc) is 1.88. The Labute approximate surface area is 62.6 Å². The maximum Gasteiger partial charge on any atom is 0.379 e. The van der Waals surface area contributed by atoms with E-state index in [-0.39, 0.29) is 6.61 Å². The molecule has 0 N–H and O–H groups in total. The largest absolute Gasteiger partial charge is 0.486 e. The highest BCUT2D eigenvalue weighted by atomic mass is 19.3. The molecule has 3 nitrogen and oxygen atoms in total. The second kappa shape index (κ2) is 4.65. The van der Waals surface area contributed by atoms with Crippen LogP contribution in [0.2, 0.25) is 0 Å². The highest BCUT2D eigenvalue weighted by Gasteiger charge is 2.17. The third kappa shape index (κ3) is 2.97. The summed E-state index contributed by atoms with van der Waals surface area (Å²) in [5, 5.41) is 0. The van der Waals surface area contributed by atoms with Gasteiger partial charge in [0, 0.05) is 0 Å². The lowest BCUT2D eigenvalue weighted by atomic mass is 10.5. The molecular formula is C6H8F2O3. The molecule has 5 heteroatoms. The summed E-state index contributed by atoms with van der Waals surface area (Å²) in [4.78, 5) is 10.5. The van der Waals surface area contributed by atoms with Crippen molar-refractivity contribution >= 4 is 5.97 Å². The van der Waals surface area contributed by atoms with Crippen molar-refractivity contribution in [3.8, 4) is 0 Å². The molecule has 0 aromatic rings. The molecule has 0 aliphatic rings. The molecule has 0 amide bonds. The average molecular weight is 166 g/mol. The Morgan fingerprint density at radius 3 is 2.27 bits per heavy atom. The minimum absolute atomic E-state index is 0.0406. The molecule has 64 valence electrons. The molecule has 0 spiro atoms. The van der Waals surface area contributed by atoms with Gasteiger partial charge in [-0.1, -0.05) is 0 Å². The first-order valence-corrected chi connectivity index (χ1v) is 2.89. The second-order valence-corrected chi connectivity index (χ2v) is 1.51. The van der Waals surface area contributed by atoms with Gasteiger partial charge in [-0.05, 0) is 6.92 Å². The van der Waals surface area contributed by atoms with Crippen molar-refractivity contribution < 1.29 is 23.0 Å². The molecule has 0 atom stereocenters. The quantitative estimate of drug-likeness (QED) is 0.360. The topological polar surface area (TPSA) is 35.5 Å². The van der Waals surface area contributed by atoms with Crippen LogP contribution in [0, 0.1) is 0 Å². The first kappa shape index (κ1) is 9.87. The van der Waals surface area contributed by atoms with E-state index in [0.29, 0.717) is 0 Å². The summed E-state index contributed by atoms with van der Waals surface area (Å²) < 4.78 is 31.8. The molecule has 0 aromatic carbocycles. The van der Waals surface area contributed by atoms with Crippen molar-refractivity contribution in [3.05, 3.63) is 11.8 Å². The van der Waals surface area contributed by atoms with E-state index in [4.69, 9.17) is 0 Å². The lowest BCUT2D eigenvalue weighted by molar-refractivity contribution is -0.142. The van der Waals surface area contributed by atoms with Crippen LogP contribution in [0.25, 0.3) is 0 Å². The minimum Gasteiger partial charge on any atom is -0.486 e. The van der Waals surface area contributed by atoms with Gasteiger partial charge in [-0.25, -0.2) is 4.79 Å². The molecule has 0 bridgehead atoms. The van der Waals surface area contributed by atoms with Gasteiger partial charge in [-0.15, -0.1) is 0 Å². The molecule has 0 heterocycles. The number of ether oxygens (including phenoxy) is 2. The van der Waals surface area contributed by atoms with Gasteiger partial charge in [0.1, 0.15) is 0 Å². The predicted octanol–water partition coefficient (Wildman–Crippen LogP) is 1.30. The first-order valence-electron chi connectivity index (χ1n) is 2.89. The summed E-state index contributed by atoms with van der Waals surface area (Å²) >= 11 is 0. The third-order valence-corrected chi connectivity index (χ3v) is 0.837. The van der Waals surface area contributed by atoms with E-state index in [1.807, 2.05) is 0 Å². The van der Waals surface area contributed by atoms with Crippen molar-refractivity contribution in [3.63, 3.8) is 0 Å². The summed E-state index contributed by atoms with van der Waals surface area (Å²) in [6, 6.07) is 0. The molecule has 0 fully saturated rings. The van der Waals surface area contributed by atoms with Gasteiger partial charge in [0.05, 0.1) is 13.7 Å². The normalized spacial score (nSPS) is 8.73. The molecule has 0 aliphatic carbocycles. The van der Waals surface area contributed by atoms with Gasteiger partial charge in [0.15, 0.2) is 0 Å². The number of carbonyl (C=O) groups is 1. The Bertz CT molecular complexity index is 173. The number of halogens is 2. The van der Waals surface area contributed by atoms with Crippen molar-refractivity contribution in [1.29, 1.82) is 0 Å². The fraction of sp³-hybridized carbons (Fsp3) is 0.500. The van der Waals surface area contributed by atoms with E-state index >= 15 is 0 Å². The fourth-order valence-corrected chi connectivity index (χ4v) is 0.434. The number of methoxy groups -OCH3 is 1. The Balaban J connectivity index is 4.28. The van der Waals surface area contributed by atoms with Gasteiger partial charge in [0.2, 0.25) is 0 Å². The van der Waals surface area contributed by atoms with E-state index < -0.39 is 17.8 Å². The highest BCUT2D eigenvalue weighted by Crippen LogP contribution is 2.09. The van der Waals surface area contributed by atoms with E-state index in [1.54, 1.807) is 0 Å². The molecule has 0 aromatic heterocycles. The fourth-order valence-electron chi connectivity index (χ4n) is 0.434. The molecule has 0 radical (unpaired) electrons. The minimum atomic E-state index is -2.18. The number of hydrogen-bond acceptors (Lipinski definition) is 3. The first-order chi connectivity index (χ1) is 5.13. The lowest BCUT2D eigenvalue weighted by Crippen LogP contribution is -2.09. The number of rotatable bonds is 3. The smallest absolute Gasteiger partial charge is 0.379 e. The summed E-state index contributed by atoms with van der Waals surface area (Å²) in [5.74, 6) is -2.18. The summed E-state index contributed by atoms with van der Waals surface area (Å²) in [6.45, 7) is 1.56. The lowest BCUT2D eigenvalue weighted by Gasteiger charge is -2.02. The standard InChI is InChI=1S/C6H8F2O3/c1-3-11-6(9)4(10-2)5(7)8/h3H2,1-2H3. The van der Waals surface area contributed by atoms with E-state index in [9.17, 15) is 13.6 Å². The van der Waals surface area contributed by atoms with Crippen LogP contribution in [0.3, 0.4) is 0 Å². The third-order valence-electron chi connectivity index (χ3n) is 0.837. The van der Waals surface area contributed by atoms with Gasteiger partial charge in [-0.2, -0.15) is 8.78 Å². The maximum atomic E-state index is 11.7. The second-order valence-electron chi connectivity index (χ2n) is 1.51. The molecule has 0 aliphatic heterocycles. The summed E-state index contributed by atoms with van der Waals surface area (Å²) in [5.41, 5.74) is 0. The molecular weight excluding hydrogens is 158 g/mol. The van der Waals surface area contributed by atoms with Gasteiger partial charge in [-0.3, -0.25) is 0 Å². The van der Waals surface area contributed by atoms with Crippen LogP contribution in [0.1, 0.15) is 6.92 Å². The SMILES string of the molecule is CCOC(=O)C(OC)=C(F)F. The predicted molar refractivity (Wildman–Crippen MR) is 32.9 cm³/mol. The number of esters is 1. The Hall–Kier alpha value is -1.13. The Morgan fingerprint density at radius 2 is 2.00 bits per heavy atom. The van der Waals surface area contributed by atoms with E-state index in [2.05, 4.69) is 9.47 Å². The van der Waals surface area contributed by atoms with Crippen molar-refractivity contribution in [2.45, 2.75) is 6.92 Å². The van der Waals surface area contributed by atoms with Gasteiger partial charge >= 0.3 is 12.0 Å². The van der Waals surface area contributed by atoms with Crippen LogP contribution in [0.4, 0.5) is 8.78 Å². The number of hydrogen-bond donors (Lipinski definition) is 0. The number of carbonyl (C=O) groups excluding carboxylic acids is 1. The van der Waals surface area contributed by atoms with Crippen molar-refractivity contribution in [2.75, 3.05) is 13.7 Å². The highest BCUT2D eigenvalue weighted by molar-refractivity contribution is 5.86. The zero-order chi connectivity index (χ0) is 8.85. The van der Waals surface area contributed by atoms with E-state index in [0.717, 1.165) is 7.11 Å². The Morgan fingerprint density at radius 1 is 1.45 bits per heavy atom. The van der Waals surface area contributed by atoms with Crippen molar-refractivity contribution in [2.24, 2.45) is 0 Å². The van der Waals surface area contributed by atoms with Gasteiger partial charge in [0.25, 0.3) is 5.76 Å². The molecule has 11 heavy (non-hydrogen) atoms. The van der Waals surface area contributed by atoms with Gasteiger partial charge < -0.3 is 9.47 Å². The monoisotopic (exact) mass is 166 g/mol. The van der Waals surface area contributed by atoms with Crippen LogP contribution in [0.5, 0.6) is 0 Å². The summed E-state index contributed by atoms with van der Waals surface area (Å²) in [7, 11) is 0.978. The van der Waals surface area contributed by atoms with E-state index in [1.165, 1.54) is 6.92 Å². The molecule has 0 rings (SSSR count). The van der Waals surface area contributed by atoms with Crippen LogP contribution in [0.15, 0.2) is 11.8 Å². The maximum absolute atomic E-state index is 11.7. The van der Waals surface area contributed by atoms with Crippen LogP contribution < -0.4 is 0 Å². The summed E-state index contributed by atoms with van der Waals surface area (Å²) in [6.07, 6.45) is -2.18. The van der Waals surface area contributed by atoms with Crippen LogP contribution >= 0.6 is 0 Å². The molecule has 0 saturated heterocycles. The molecule has 0 saturated carbocycles. The van der Waals surface area contributed by atoms with Crippen LogP contribution in [-0.2, 0) is 14.3 Å². The molecule has 0 unspecified atom stereocenters. The van der Waals surface area contributed by atoms with Crippen molar-refractivity contribution in [1.82, 2.24) is 0 Å². The zero-order valence-corrected chi connectivity index (χ0v) is 6.19.